The molecular weight excluding hydrogens is 370 g/mol. The lowest BCUT2D eigenvalue weighted by atomic mass is 9.84. The summed E-state index contributed by atoms with van der Waals surface area (Å²) in [5, 5.41) is 2.96. The summed E-state index contributed by atoms with van der Waals surface area (Å²) in [5.74, 6) is 2.51. The number of ether oxygens (including phenoxy) is 4. The molecule has 0 saturated carbocycles. The highest BCUT2D eigenvalue weighted by Crippen LogP contribution is 2.44. The smallest absolute Gasteiger partial charge is 0.225 e. The van der Waals surface area contributed by atoms with Gasteiger partial charge >= 0.3 is 0 Å². The number of benzene rings is 2. The molecule has 1 heterocycles. The van der Waals surface area contributed by atoms with Gasteiger partial charge in [0.05, 0.1) is 26.4 Å². The van der Waals surface area contributed by atoms with Crippen LogP contribution in [0.25, 0.3) is 0 Å². The number of carbonyl (C=O) groups excluding carboxylic acids is 1. The molecule has 1 aliphatic rings. The van der Waals surface area contributed by atoms with E-state index in [1.165, 1.54) is 0 Å². The molecule has 0 unspecified atom stereocenters. The maximum Gasteiger partial charge on any atom is 0.225 e. The third-order valence-electron chi connectivity index (χ3n) is 4.71. The summed E-state index contributed by atoms with van der Waals surface area (Å²) in [6.45, 7) is 8.85. The lowest BCUT2D eigenvalue weighted by molar-refractivity contribution is -0.116. The number of anilines is 1. The second-order valence-corrected chi connectivity index (χ2v) is 7.13. The topological polar surface area (TPSA) is 66.0 Å². The van der Waals surface area contributed by atoms with E-state index in [1.807, 2.05) is 58.0 Å². The summed E-state index contributed by atoms with van der Waals surface area (Å²) in [7, 11) is 1.62. The summed E-state index contributed by atoms with van der Waals surface area (Å²) in [4.78, 5) is 12.4. The van der Waals surface area contributed by atoms with E-state index in [1.54, 1.807) is 7.11 Å². The lowest BCUT2D eigenvalue weighted by Crippen LogP contribution is -2.24. The van der Waals surface area contributed by atoms with Crippen molar-refractivity contribution in [1.29, 1.82) is 0 Å². The summed E-state index contributed by atoms with van der Waals surface area (Å²) in [5.41, 5.74) is 2.73. The van der Waals surface area contributed by atoms with Crippen molar-refractivity contribution in [2.75, 3.05) is 25.6 Å². The number of rotatable bonds is 8. The first-order chi connectivity index (χ1) is 14.0. The van der Waals surface area contributed by atoms with Crippen LogP contribution in [0.15, 0.2) is 30.3 Å². The Kier molecular flexibility index (Phi) is 6.52. The second-order valence-electron chi connectivity index (χ2n) is 7.13. The highest BCUT2D eigenvalue weighted by molar-refractivity contribution is 5.96. The third-order valence-corrected chi connectivity index (χ3v) is 4.71. The summed E-state index contributed by atoms with van der Waals surface area (Å²) < 4.78 is 22.9. The number of amides is 1. The molecule has 0 aliphatic carbocycles. The van der Waals surface area contributed by atoms with Gasteiger partial charge in [-0.2, -0.15) is 0 Å². The standard InChI is InChI=1S/C23H29NO5/c1-6-27-21-11-17-16(12-23(25)24-18(17)13-22(21)28-7-2)15-8-9-19(29-14(3)4)20(10-15)26-5/h8-11,13-14,16H,6-7,12H2,1-5H3,(H,24,25)/t16-/m0/s1. The lowest BCUT2D eigenvalue weighted by Gasteiger charge is -2.28. The van der Waals surface area contributed by atoms with Crippen LogP contribution in [0.1, 0.15) is 51.2 Å². The fraction of sp³-hybridized carbons (Fsp3) is 0.435. The van der Waals surface area contributed by atoms with E-state index in [9.17, 15) is 4.79 Å². The molecule has 0 spiro atoms. The molecule has 2 aromatic rings. The molecule has 0 aromatic heterocycles. The molecule has 1 N–H and O–H groups in total. The van der Waals surface area contributed by atoms with E-state index in [0.717, 1.165) is 16.8 Å². The second kappa shape index (κ2) is 9.07. The van der Waals surface area contributed by atoms with Gasteiger partial charge in [-0.25, -0.2) is 0 Å². The van der Waals surface area contributed by atoms with Crippen molar-refractivity contribution in [3.05, 3.63) is 41.5 Å². The number of nitrogens with one attached hydrogen (secondary N) is 1. The minimum Gasteiger partial charge on any atom is -0.493 e. The monoisotopic (exact) mass is 399 g/mol. The van der Waals surface area contributed by atoms with Gasteiger partial charge in [0, 0.05) is 24.1 Å². The van der Waals surface area contributed by atoms with E-state index in [0.29, 0.717) is 42.6 Å². The fourth-order valence-corrected chi connectivity index (χ4v) is 3.56. The zero-order chi connectivity index (χ0) is 21.0. The molecule has 29 heavy (non-hydrogen) atoms. The molecule has 0 saturated heterocycles. The number of hydrogen-bond acceptors (Lipinski definition) is 5. The van der Waals surface area contributed by atoms with Crippen molar-refractivity contribution in [2.24, 2.45) is 0 Å². The van der Waals surface area contributed by atoms with E-state index < -0.39 is 0 Å². The maximum atomic E-state index is 12.4. The molecular formula is C23H29NO5. The Labute approximate surface area is 172 Å². The molecule has 1 aliphatic heterocycles. The predicted molar refractivity (Wildman–Crippen MR) is 113 cm³/mol. The van der Waals surface area contributed by atoms with E-state index in [2.05, 4.69) is 5.32 Å². The van der Waals surface area contributed by atoms with Crippen LogP contribution in [0.4, 0.5) is 5.69 Å². The Morgan fingerprint density at radius 1 is 1.00 bits per heavy atom. The number of fused-ring (bicyclic) bond motifs is 1. The van der Waals surface area contributed by atoms with Crippen LogP contribution in [0.5, 0.6) is 23.0 Å². The Morgan fingerprint density at radius 3 is 2.31 bits per heavy atom. The van der Waals surface area contributed by atoms with E-state index in [4.69, 9.17) is 18.9 Å². The normalized spacial score (nSPS) is 15.5. The molecule has 3 rings (SSSR count). The average molecular weight is 399 g/mol. The van der Waals surface area contributed by atoms with Gasteiger partial charge in [0.1, 0.15) is 0 Å². The van der Waals surface area contributed by atoms with Crippen LogP contribution in [0, 0.1) is 0 Å². The summed E-state index contributed by atoms with van der Waals surface area (Å²) in [6.07, 6.45) is 0.391. The van der Waals surface area contributed by atoms with Crippen molar-refractivity contribution < 1.29 is 23.7 Å². The first-order valence-electron chi connectivity index (χ1n) is 10.0. The largest absolute Gasteiger partial charge is 0.493 e. The quantitative estimate of drug-likeness (QED) is 0.694. The van der Waals surface area contributed by atoms with Gasteiger partial charge < -0.3 is 24.3 Å². The van der Waals surface area contributed by atoms with Gasteiger partial charge in [-0.3, -0.25) is 4.79 Å². The van der Waals surface area contributed by atoms with Crippen molar-refractivity contribution in [1.82, 2.24) is 0 Å². The molecule has 1 atom stereocenters. The molecule has 0 fully saturated rings. The molecule has 156 valence electrons. The highest BCUT2D eigenvalue weighted by Gasteiger charge is 2.29. The van der Waals surface area contributed by atoms with Crippen LogP contribution in [0.3, 0.4) is 0 Å². The van der Waals surface area contributed by atoms with Crippen LogP contribution in [-0.4, -0.2) is 32.3 Å². The van der Waals surface area contributed by atoms with Gasteiger partial charge in [0.2, 0.25) is 5.91 Å². The summed E-state index contributed by atoms with van der Waals surface area (Å²) in [6, 6.07) is 9.66. The molecule has 0 bridgehead atoms. The molecule has 6 heteroatoms. The first kappa shape index (κ1) is 20.8. The van der Waals surface area contributed by atoms with Crippen molar-refractivity contribution in [3.63, 3.8) is 0 Å². The molecule has 0 radical (unpaired) electrons. The molecule has 6 nitrogen and oxygen atoms in total. The van der Waals surface area contributed by atoms with Gasteiger partial charge in [-0.1, -0.05) is 6.07 Å². The van der Waals surface area contributed by atoms with Crippen LogP contribution in [-0.2, 0) is 4.79 Å². The van der Waals surface area contributed by atoms with Crippen LogP contribution < -0.4 is 24.3 Å². The minimum absolute atomic E-state index is 0.0319. The first-order valence-corrected chi connectivity index (χ1v) is 10.0. The van der Waals surface area contributed by atoms with Crippen LogP contribution >= 0.6 is 0 Å². The third kappa shape index (κ3) is 4.58. The van der Waals surface area contributed by atoms with Gasteiger partial charge in [0.25, 0.3) is 0 Å². The molecule has 2 aromatic carbocycles. The zero-order valence-corrected chi connectivity index (χ0v) is 17.7. The zero-order valence-electron chi connectivity index (χ0n) is 17.7. The van der Waals surface area contributed by atoms with Crippen LogP contribution in [0.2, 0.25) is 0 Å². The molecule has 1 amide bonds. The Balaban J connectivity index is 2.05. The van der Waals surface area contributed by atoms with Gasteiger partial charge in [-0.15, -0.1) is 0 Å². The maximum absolute atomic E-state index is 12.4. The Bertz CT molecular complexity index is 878. The Morgan fingerprint density at radius 2 is 1.69 bits per heavy atom. The van der Waals surface area contributed by atoms with Gasteiger partial charge in [0.15, 0.2) is 23.0 Å². The fourth-order valence-electron chi connectivity index (χ4n) is 3.56. The van der Waals surface area contributed by atoms with Gasteiger partial charge in [-0.05, 0) is 57.0 Å². The van der Waals surface area contributed by atoms with E-state index in [-0.39, 0.29) is 17.9 Å². The van der Waals surface area contributed by atoms with Crippen molar-refractivity contribution >= 4 is 11.6 Å². The highest BCUT2D eigenvalue weighted by atomic mass is 16.5. The predicted octanol–water partition coefficient (Wildman–Crippen LogP) is 4.75. The number of methoxy groups -OCH3 is 1. The number of hydrogen-bond donors (Lipinski definition) is 1. The van der Waals surface area contributed by atoms with Crippen molar-refractivity contribution in [2.45, 2.75) is 46.1 Å². The Hall–Kier alpha value is -2.89. The number of carbonyl (C=O) groups is 1. The van der Waals surface area contributed by atoms with E-state index >= 15 is 0 Å². The minimum atomic E-state index is -0.115. The SMILES string of the molecule is CCOc1cc2c(cc1OCC)[C@H](c1ccc(OC(C)C)c(OC)c1)CC(=O)N2. The van der Waals surface area contributed by atoms with Crippen molar-refractivity contribution in [3.8, 4) is 23.0 Å². The average Bonchev–Trinajstić information content (AvgIpc) is 2.68. The summed E-state index contributed by atoms with van der Waals surface area (Å²) >= 11 is 0.